The molecule has 0 saturated heterocycles. The van der Waals surface area contributed by atoms with E-state index in [0.717, 1.165) is 43.4 Å². The molecular weight excluding hydrogens is 272 g/mol. The standard InChI is InChI=1S/C20H30O2/c1-3-12-10-16-13(11-18(12)21)4-5-15-14(16)8-9-20(2)17(15)6-7-19(20)22/h11-12,14-17,19,22H,3-10H2,1-2H3/t12?,14-,15+,16-,17-,19-,20-/m0/s1. The summed E-state index contributed by atoms with van der Waals surface area (Å²) in [7, 11) is 0. The van der Waals surface area contributed by atoms with E-state index in [-0.39, 0.29) is 17.4 Å². The number of aliphatic hydroxyl groups is 1. The molecule has 3 saturated carbocycles. The van der Waals surface area contributed by atoms with Crippen LogP contribution in [0.4, 0.5) is 0 Å². The van der Waals surface area contributed by atoms with E-state index in [1.54, 1.807) is 0 Å². The lowest BCUT2D eigenvalue weighted by atomic mass is 9.51. The molecule has 0 heterocycles. The fourth-order valence-electron chi connectivity index (χ4n) is 6.59. The highest BCUT2D eigenvalue weighted by Crippen LogP contribution is 2.61. The summed E-state index contributed by atoms with van der Waals surface area (Å²) in [4.78, 5) is 12.2. The van der Waals surface area contributed by atoms with Gasteiger partial charge < -0.3 is 5.11 Å². The minimum Gasteiger partial charge on any atom is -0.393 e. The van der Waals surface area contributed by atoms with Crippen molar-refractivity contribution in [3.05, 3.63) is 11.6 Å². The van der Waals surface area contributed by atoms with Gasteiger partial charge in [-0.3, -0.25) is 4.79 Å². The number of hydrogen-bond acceptors (Lipinski definition) is 2. The molecule has 0 aromatic rings. The van der Waals surface area contributed by atoms with Gasteiger partial charge in [-0.15, -0.1) is 0 Å². The van der Waals surface area contributed by atoms with Gasteiger partial charge in [0.05, 0.1) is 6.10 Å². The molecule has 2 heteroatoms. The van der Waals surface area contributed by atoms with Crippen LogP contribution < -0.4 is 0 Å². The van der Waals surface area contributed by atoms with Crippen molar-refractivity contribution in [1.29, 1.82) is 0 Å². The third-order valence-corrected chi connectivity index (χ3v) is 7.96. The number of carbonyl (C=O) groups is 1. The first-order valence-corrected chi connectivity index (χ1v) is 9.47. The van der Waals surface area contributed by atoms with Gasteiger partial charge in [0.1, 0.15) is 0 Å². The predicted octanol–water partition coefficient (Wildman–Crippen LogP) is 4.13. The van der Waals surface area contributed by atoms with Crippen LogP contribution in [0.2, 0.25) is 0 Å². The molecule has 4 aliphatic carbocycles. The van der Waals surface area contributed by atoms with Crippen molar-refractivity contribution in [2.75, 3.05) is 0 Å². The van der Waals surface area contributed by atoms with Gasteiger partial charge in [0, 0.05) is 5.92 Å². The Balaban J connectivity index is 1.62. The summed E-state index contributed by atoms with van der Waals surface area (Å²) in [5, 5.41) is 10.5. The Morgan fingerprint density at radius 1 is 1.23 bits per heavy atom. The number of hydrogen-bond donors (Lipinski definition) is 1. The second kappa shape index (κ2) is 5.19. The lowest BCUT2D eigenvalue weighted by Crippen LogP contribution is -2.48. The van der Waals surface area contributed by atoms with Crippen molar-refractivity contribution >= 4 is 5.78 Å². The normalized spacial score (nSPS) is 50.9. The van der Waals surface area contributed by atoms with Gasteiger partial charge >= 0.3 is 0 Å². The van der Waals surface area contributed by atoms with Crippen LogP contribution in [0, 0.1) is 35.0 Å². The SMILES string of the molecule is CCC1C[C@H]2C(=CC1=O)CC[C@@H]1[C@@H]2CC[C@]2(C)[C@@H](O)CC[C@@H]12. The number of carbonyl (C=O) groups excluding carboxylic acids is 1. The van der Waals surface area contributed by atoms with Crippen molar-refractivity contribution < 1.29 is 9.90 Å². The van der Waals surface area contributed by atoms with Gasteiger partial charge in [0.25, 0.3) is 0 Å². The zero-order chi connectivity index (χ0) is 15.5. The lowest BCUT2D eigenvalue weighted by molar-refractivity contribution is -0.120. The van der Waals surface area contributed by atoms with E-state index in [0.29, 0.717) is 11.7 Å². The summed E-state index contributed by atoms with van der Waals surface area (Å²) in [6, 6.07) is 0. The fraction of sp³-hybridized carbons (Fsp3) is 0.850. The molecule has 7 atom stereocenters. The molecule has 4 aliphatic rings. The van der Waals surface area contributed by atoms with E-state index < -0.39 is 0 Å². The first kappa shape index (κ1) is 14.9. The fourth-order valence-corrected chi connectivity index (χ4v) is 6.59. The third-order valence-electron chi connectivity index (χ3n) is 7.96. The number of rotatable bonds is 1. The second-order valence-corrected chi connectivity index (χ2v) is 8.68. The molecule has 0 bridgehead atoms. The van der Waals surface area contributed by atoms with E-state index in [4.69, 9.17) is 0 Å². The molecule has 0 aromatic heterocycles. The first-order valence-electron chi connectivity index (χ1n) is 9.47. The van der Waals surface area contributed by atoms with E-state index in [1.807, 2.05) is 6.08 Å². The molecule has 0 spiro atoms. The van der Waals surface area contributed by atoms with Crippen LogP contribution in [0.25, 0.3) is 0 Å². The average Bonchev–Trinajstić information content (AvgIpc) is 2.82. The van der Waals surface area contributed by atoms with Crippen molar-refractivity contribution in [1.82, 2.24) is 0 Å². The Kier molecular flexibility index (Phi) is 3.52. The van der Waals surface area contributed by atoms with Gasteiger partial charge in [-0.2, -0.15) is 0 Å². The quantitative estimate of drug-likeness (QED) is 0.791. The minimum atomic E-state index is -0.0771. The molecule has 2 nitrogen and oxygen atoms in total. The van der Waals surface area contributed by atoms with E-state index in [2.05, 4.69) is 13.8 Å². The highest BCUT2D eigenvalue weighted by molar-refractivity contribution is 5.93. The number of fused-ring (bicyclic) bond motifs is 5. The molecular formula is C20H30O2. The maximum absolute atomic E-state index is 12.2. The molecule has 3 fully saturated rings. The highest BCUT2D eigenvalue weighted by atomic mass is 16.3. The van der Waals surface area contributed by atoms with E-state index in [9.17, 15) is 9.90 Å². The Labute approximate surface area is 134 Å². The largest absolute Gasteiger partial charge is 0.393 e. The zero-order valence-electron chi connectivity index (χ0n) is 14.1. The van der Waals surface area contributed by atoms with Crippen molar-refractivity contribution in [2.45, 2.75) is 71.3 Å². The molecule has 0 radical (unpaired) electrons. The lowest BCUT2D eigenvalue weighted by Gasteiger charge is -2.53. The molecule has 22 heavy (non-hydrogen) atoms. The topological polar surface area (TPSA) is 37.3 Å². The van der Waals surface area contributed by atoms with Crippen molar-refractivity contribution in [3.63, 3.8) is 0 Å². The van der Waals surface area contributed by atoms with Crippen LogP contribution in [0.3, 0.4) is 0 Å². The van der Waals surface area contributed by atoms with Crippen LogP contribution >= 0.6 is 0 Å². The number of aliphatic hydroxyl groups excluding tert-OH is 1. The van der Waals surface area contributed by atoms with Crippen molar-refractivity contribution in [2.24, 2.45) is 35.0 Å². The van der Waals surface area contributed by atoms with Crippen LogP contribution in [-0.2, 0) is 4.79 Å². The third kappa shape index (κ3) is 1.99. The van der Waals surface area contributed by atoms with Gasteiger partial charge in [-0.05, 0) is 86.5 Å². The summed E-state index contributed by atoms with van der Waals surface area (Å²) in [6.07, 6.45) is 11.1. The van der Waals surface area contributed by atoms with Gasteiger partial charge in [-0.25, -0.2) is 0 Å². The number of allylic oxidation sites excluding steroid dienone is 1. The Morgan fingerprint density at radius 2 is 2.05 bits per heavy atom. The Bertz CT molecular complexity index is 508. The summed E-state index contributed by atoms with van der Waals surface area (Å²) < 4.78 is 0. The molecule has 122 valence electrons. The zero-order valence-corrected chi connectivity index (χ0v) is 14.1. The molecule has 0 aliphatic heterocycles. The van der Waals surface area contributed by atoms with Crippen LogP contribution in [0.5, 0.6) is 0 Å². The number of ketones is 1. The molecule has 1 N–H and O–H groups in total. The molecule has 4 rings (SSSR count). The summed E-state index contributed by atoms with van der Waals surface area (Å²) in [5.41, 5.74) is 1.65. The maximum atomic E-state index is 12.2. The monoisotopic (exact) mass is 302 g/mol. The van der Waals surface area contributed by atoms with Crippen LogP contribution in [0.15, 0.2) is 11.6 Å². The van der Waals surface area contributed by atoms with Gasteiger partial charge in [0.2, 0.25) is 0 Å². The van der Waals surface area contributed by atoms with E-state index >= 15 is 0 Å². The van der Waals surface area contributed by atoms with Crippen molar-refractivity contribution in [3.8, 4) is 0 Å². The molecule has 0 amide bonds. The van der Waals surface area contributed by atoms with Gasteiger partial charge in [0.15, 0.2) is 5.78 Å². The highest BCUT2D eigenvalue weighted by Gasteiger charge is 2.56. The summed E-state index contributed by atoms with van der Waals surface area (Å²) in [5.74, 6) is 3.64. The van der Waals surface area contributed by atoms with E-state index in [1.165, 1.54) is 31.3 Å². The second-order valence-electron chi connectivity index (χ2n) is 8.68. The smallest absolute Gasteiger partial charge is 0.158 e. The first-order chi connectivity index (χ1) is 10.5. The average molecular weight is 302 g/mol. The molecule has 1 unspecified atom stereocenters. The summed E-state index contributed by atoms with van der Waals surface area (Å²) in [6.45, 7) is 4.50. The predicted molar refractivity (Wildman–Crippen MR) is 87.3 cm³/mol. The Hall–Kier alpha value is -0.630. The van der Waals surface area contributed by atoms with Crippen LogP contribution in [-0.4, -0.2) is 17.0 Å². The maximum Gasteiger partial charge on any atom is 0.158 e. The van der Waals surface area contributed by atoms with Gasteiger partial charge in [-0.1, -0.05) is 19.4 Å². The summed E-state index contributed by atoms with van der Waals surface area (Å²) >= 11 is 0. The van der Waals surface area contributed by atoms with Crippen LogP contribution in [0.1, 0.15) is 65.2 Å². The Morgan fingerprint density at radius 3 is 2.82 bits per heavy atom. The minimum absolute atomic E-state index is 0.0771. The molecule has 0 aromatic carbocycles.